The molecule has 0 aliphatic carbocycles. The van der Waals surface area contributed by atoms with Crippen LogP contribution >= 0.6 is 12.6 Å². The highest BCUT2D eigenvalue weighted by Gasteiger charge is 2.74. The molecule has 0 aromatic carbocycles. The smallest absolute Gasteiger partial charge is 0.301 e. The first-order valence-electron chi connectivity index (χ1n) is 4.14. The van der Waals surface area contributed by atoms with Crippen LogP contribution in [0.5, 0.6) is 0 Å². The van der Waals surface area contributed by atoms with Gasteiger partial charge in [0.1, 0.15) is 5.44 Å². The normalized spacial score (nSPS) is 16.3. The third kappa shape index (κ3) is 3.41. The maximum absolute atomic E-state index is 12.5. The van der Waals surface area contributed by atoms with Crippen LogP contribution in [0.15, 0.2) is 0 Å². The number of hydrogen-bond acceptors (Lipinski definition) is 2. The van der Waals surface area contributed by atoms with Gasteiger partial charge in [-0.05, 0) is 6.42 Å². The molecule has 0 N–H and O–H groups in total. The quantitative estimate of drug-likeness (QED) is 0.455. The fourth-order valence-corrected chi connectivity index (χ4v) is 1.11. The lowest BCUT2D eigenvalue weighted by atomic mass is 10.3. The first-order valence-corrected chi connectivity index (χ1v) is 4.65. The Morgan fingerprint density at radius 3 is 1.81 bits per heavy atom. The minimum Gasteiger partial charge on any atom is -0.301 e. The molecule has 0 bridgehead atoms. The summed E-state index contributed by atoms with van der Waals surface area (Å²) in [4.78, 5) is 0. The van der Waals surface area contributed by atoms with Gasteiger partial charge in [-0.25, -0.2) is 0 Å². The maximum Gasteiger partial charge on any atom is 0.462 e. The molecule has 98 valence electrons. The molecule has 1 nitrogen and oxygen atoms in total. The summed E-state index contributed by atoms with van der Waals surface area (Å²) >= 11 is 3.33. The standard InChI is InChI=1S/C7H9F7OS/c1-2-3-4(16)15-7(13,14)5(8,9)6(10,11)12/h4,16H,2-3H2,1H3. The summed E-state index contributed by atoms with van der Waals surface area (Å²) in [6, 6.07) is 0. The van der Waals surface area contributed by atoms with Gasteiger partial charge in [0.25, 0.3) is 0 Å². The molecular formula is C7H9F7OS. The Morgan fingerprint density at radius 1 is 1.06 bits per heavy atom. The fraction of sp³-hybridized carbons (Fsp3) is 1.00. The second-order valence-corrected chi connectivity index (χ2v) is 3.53. The molecule has 0 rings (SSSR count). The van der Waals surface area contributed by atoms with Crippen molar-refractivity contribution in [2.24, 2.45) is 0 Å². The van der Waals surface area contributed by atoms with Crippen LogP contribution in [0.2, 0.25) is 0 Å². The molecule has 0 aromatic rings. The summed E-state index contributed by atoms with van der Waals surface area (Å²) in [6.07, 6.45) is -11.9. The van der Waals surface area contributed by atoms with E-state index in [0.717, 1.165) is 0 Å². The van der Waals surface area contributed by atoms with Crippen molar-refractivity contribution in [2.45, 2.75) is 43.4 Å². The van der Waals surface area contributed by atoms with E-state index in [1.807, 2.05) is 0 Å². The van der Waals surface area contributed by atoms with Gasteiger partial charge in [-0.3, -0.25) is 0 Å². The number of thiol groups is 1. The van der Waals surface area contributed by atoms with Crippen LogP contribution in [0.3, 0.4) is 0 Å². The molecule has 0 radical (unpaired) electrons. The highest BCUT2D eigenvalue weighted by Crippen LogP contribution is 2.47. The lowest BCUT2D eigenvalue weighted by molar-refractivity contribution is -0.426. The second-order valence-electron chi connectivity index (χ2n) is 2.95. The van der Waals surface area contributed by atoms with Crippen molar-refractivity contribution in [1.29, 1.82) is 0 Å². The van der Waals surface area contributed by atoms with Crippen molar-refractivity contribution in [3.05, 3.63) is 0 Å². The number of ether oxygens (including phenoxy) is 1. The van der Waals surface area contributed by atoms with E-state index in [2.05, 4.69) is 17.4 Å². The molecule has 9 heteroatoms. The Hall–Kier alpha value is -0.180. The minimum absolute atomic E-state index is 0.174. The van der Waals surface area contributed by atoms with Crippen molar-refractivity contribution in [3.63, 3.8) is 0 Å². The van der Waals surface area contributed by atoms with Crippen molar-refractivity contribution < 1.29 is 35.5 Å². The Bertz CT molecular complexity index is 227. The van der Waals surface area contributed by atoms with Crippen molar-refractivity contribution in [1.82, 2.24) is 0 Å². The summed E-state index contributed by atoms with van der Waals surface area (Å²) in [5.41, 5.74) is -1.69. The number of halogens is 7. The highest BCUT2D eigenvalue weighted by atomic mass is 32.1. The van der Waals surface area contributed by atoms with Gasteiger partial charge in [0.2, 0.25) is 0 Å². The first kappa shape index (κ1) is 15.8. The molecule has 0 heterocycles. The minimum atomic E-state index is -6.38. The van der Waals surface area contributed by atoms with Gasteiger partial charge in [0.05, 0.1) is 0 Å². The molecule has 0 amide bonds. The Morgan fingerprint density at radius 2 is 1.50 bits per heavy atom. The zero-order chi connectivity index (χ0) is 13.2. The zero-order valence-corrected chi connectivity index (χ0v) is 8.89. The summed E-state index contributed by atoms with van der Waals surface area (Å²) < 4.78 is 87.8. The fourth-order valence-electron chi connectivity index (χ4n) is 0.716. The Labute approximate surface area is 92.4 Å². The molecule has 1 unspecified atom stereocenters. The van der Waals surface area contributed by atoms with Crippen LogP contribution in [-0.4, -0.2) is 23.6 Å². The van der Waals surface area contributed by atoms with Crippen LogP contribution in [0.25, 0.3) is 0 Å². The Kier molecular flexibility index (Phi) is 4.93. The third-order valence-corrected chi connectivity index (χ3v) is 1.90. The van der Waals surface area contributed by atoms with E-state index in [0.29, 0.717) is 0 Å². The molecule has 0 saturated carbocycles. The largest absolute Gasteiger partial charge is 0.462 e. The van der Waals surface area contributed by atoms with Gasteiger partial charge < -0.3 is 4.74 Å². The van der Waals surface area contributed by atoms with E-state index < -0.39 is 23.6 Å². The lowest BCUT2D eigenvalue weighted by Crippen LogP contribution is -2.54. The number of hydrogen-bond donors (Lipinski definition) is 1. The predicted molar refractivity (Wildman–Crippen MR) is 44.7 cm³/mol. The average Bonchev–Trinajstić information content (AvgIpc) is 2.00. The molecule has 0 aromatic heterocycles. The van der Waals surface area contributed by atoms with Gasteiger partial charge in [-0.1, -0.05) is 13.3 Å². The number of alkyl halides is 7. The van der Waals surface area contributed by atoms with Gasteiger partial charge in [-0.15, -0.1) is 12.6 Å². The molecule has 0 aliphatic rings. The van der Waals surface area contributed by atoms with E-state index in [9.17, 15) is 30.7 Å². The van der Waals surface area contributed by atoms with E-state index in [-0.39, 0.29) is 12.8 Å². The number of rotatable bonds is 5. The van der Waals surface area contributed by atoms with Crippen LogP contribution in [0, 0.1) is 0 Å². The van der Waals surface area contributed by atoms with Gasteiger partial charge in [-0.2, -0.15) is 30.7 Å². The summed E-state index contributed by atoms with van der Waals surface area (Å²) in [5.74, 6) is -6.24. The third-order valence-electron chi connectivity index (χ3n) is 1.54. The summed E-state index contributed by atoms with van der Waals surface area (Å²) in [5, 5.41) is 0. The molecule has 0 saturated heterocycles. The van der Waals surface area contributed by atoms with E-state index in [1.165, 1.54) is 6.92 Å². The Balaban J connectivity index is 4.77. The first-order chi connectivity index (χ1) is 6.95. The van der Waals surface area contributed by atoms with E-state index >= 15 is 0 Å². The van der Waals surface area contributed by atoms with Crippen LogP contribution < -0.4 is 0 Å². The SMILES string of the molecule is CCCC(S)OC(F)(F)C(F)(F)C(F)(F)F. The van der Waals surface area contributed by atoms with E-state index in [1.54, 1.807) is 0 Å². The van der Waals surface area contributed by atoms with Gasteiger partial charge in [0, 0.05) is 0 Å². The van der Waals surface area contributed by atoms with Crippen LogP contribution in [0.1, 0.15) is 19.8 Å². The van der Waals surface area contributed by atoms with Gasteiger partial charge in [0.15, 0.2) is 0 Å². The molecule has 0 spiro atoms. The van der Waals surface area contributed by atoms with Crippen LogP contribution in [-0.2, 0) is 4.74 Å². The van der Waals surface area contributed by atoms with Crippen molar-refractivity contribution in [3.8, 4) is 0 Å². The van der Waals surface area contributed by atoms with Crippen LogP contribution in [0.4, 0.5) is 30.7 Å². The maximum atomic E-state index is 12.5. The zero-order valence-electron chi connectivity index (χ0n) is 7.99. The second kappa shape index (κ2) is 4.99. The van der Waals surface area contributed by atoms with Crippen molar-refractivity contribution in [2.75, 3.05) is 0 Å². The molecule has 0 aliphatic heterocycles. The molecular weight excluding hydrogens is 265 g/mol. The monoisotopic (exact) mass is 274 g/mol. The average molecular weight is 274 g/mol. The molecule has 0 fully saturated rings. The van der Waals surface area contributed by atoms with Gasteiger partial charge >= 0.3 is 18.2 Å². The summed E-state index contributed by atoms with van der Waals surface area (Å²) in [6.45, 7) is 1.51. The molecule has 16 heavy (non-hydrogen) atoms. The lowest BCUT2D eigenvalue weighted by Gasteiger charge is -2.29. The highest BCUT2D eigenvalue weighted by molar-refractivity contribution is 7.80. The molecule has 1 atom stereocenters. The summed E-state index contributed by atoms with van der Waals surface area (Å²) in [7, 11) is 0. The predicted octanol–water partition coefficient (Wildman–Crippen LogP) is 3.85. The topological polar surface area (TPSA) is 9.23 Å². The van der Waals surface area contributed by atoms with E-state index in [4.69, 9.17) is 0 Å². The van der Waals surface area contributed by atoms with Crippen molar-refractivity contribution >= 4 is 12.6 Å².